The molecule has 1 fully saturated rings. The van der Waals surface area contributed by atoms with E-state index in [-0.39, 0.29) is 11.6 Å². The molecule has 0 heterocycles. The summed E-state index contributed by atoms with van der Waals surface area (Å²) in [7, 11) is 1.59. The molecule has 0 atom stereocenters. The number of benzene rings is 1. The first-order chi connectivity index (χ1) is 9.07. The van der Waals surface area contributed by atoms with Crippen molar-refractivity contribution in [3.05, 3.63) is 35.1 Å². The zero-order valence-corrected chi connectivity index (χ0v) is 11.7. The topological polar surface area (TPSA) is 26.3 Å². The van der Waals surface area contributed by atoms with Gasteiger partial charge >= 0.3 is 0 Å². The molecule has 1 saturated carbocycles. The monoisotopic (exact) mass is 264 g/mol. The number of hydrogen-bond donors (Lipinski definition) is 0. The van der Waals surface area contributed by atoms with Gasteiger partial charge in [-0.05, 0) is 43.5 Å². The van der Waals surface area contributed by atoms with Gasteiger partial charge in [0.1, 0.15) is 11.4 Å². The lowest BCUT2D eigenvalue weighted by Gasteiger charge is -2.30. The van der Waals surface area contributed by atoms with Gasteiger partial charge in [-0.3, -0.25) is 4.79 Å². The van der Waals surface area contributed by atoms with Crippen LogP contribution in [0.2, 0.25) is 0 Å². The minimum absolute atomic E-state index is 0.0699. The van der Waals surface area contributed by atoms with Gasteiger partial charge in [0, 0.05) is 12.7 Å². The Kier molecular flexibility index (Phi) is 4.35. The Morgan fingerprint density at radius 2 is 1.79 bits per heavy atom. The summed E-state index contributed by atoms with van der Waals surface area (Å²) < 4.78 is 19.1. The zero-order chi connectivity index (χ0) is 13.9. The summed E-state index contributed by atoms with van der Waals surface area (Å²) in [6, 6.07) is 4.50. The van der Waals surface area contributed by atoms with Gasteiger partial charge in [0.05, 0.1) is 0 Å². The van der Waals surface area contributed by atoms with Crippen molar-refractivity contribution in [2.75, 3.05) is 7.11 Å². The Morgan fingerprint density at radius 3 is 2.32 bits per heavy atom. The van der Waals surface area contributed by atoms with E-state index in [2.05, 4.69) is 0 Å². The fourth-order valence-electron chi connectivity index (χ4n) is 2.95. The molecule has 2 rings (SSSR count). The van der Waals surface area contributed by atoms with Gasteiger partial charge in [0.15, 0.2) is 5.78 Å². The second-order valence-electron chi connectivity index (χ2n) is 5.46. The van der Waals surface area contributed by atoms with E-state index < -0.39 is 5.60 Å². The number of carbonyl (C=O) groups excluding carboxylic acids is 1. The number of Topliss-reactive ketones (excluding diaryl/α,β-unsaturated/α-hetero) is 1. The highest BCUT2D eigenvalue weighted by atomic mass is 19.1. The van der Waals surface area contributed by atoms with E-state index in [1.54, 1.807) is 20.1 Å². The summed E-state index contributed by atoms with van der Waals surface area (Å²) in [6.45, 7) is 1.80. The summed E-state index contributed by atoms with van der Waals surface area (Å²) in [5.41, 5.74) is 0.445. The molecular weight excluding hydrogens is 243 g/mol. The number of halogens is 1. The number of methoxy groups -OCH3 is 1. The van der Waals surface area contributed by atoms with E-state index in [1.165, 1.54) is 12.1 Å². The second kappa shape index (κ2) is 5.83. The third-order valence-electron chi connectivity index (χ3n) is 4.02. The standard InChI is InChI=1S/C16H21FO2/c1-12-9-13(11-14(17)10-12)15(18)16(19-2)7-5-3-4-6-8-16/h9-11H,3-8H2,1-2H3. The highest BCUT2D eigenvalue weighted by Gasteiger charge is 2.39. The van der Waals surface area contributed by atoms with Crippen LogP contribution in [0.1, 0.15) is 54.4 Å². The van der Waals surface area contributed by atoms with E-state index in [0.29, 0.717) is 5.56 Å². The van der Waals surface area contributed by atoms with Gasteiger partial charge in [-0.25, -0.2) is 4.39 Å². The molecule has 0 unspecified atom stereocenters. The van der Waals surface area contributed by atoms with E-state index in [4.69, 9.17) is 4.74 Å². The van der Waals surface area contributed by atoms with Gasteiger partial charge in [-0.15, -0.1) is 0 Å². The van der Waals surface area contributed by atoms with Gasteiger partial charge in [0.2, 0.25) is 0 Å². The number of rotatable bonds is 3. The fourth-order valence-corrected chi connectivity index (χ4v) is 2.95. The number of aryl methyl sites for hydroxylation is 1. The lowest BCUT2D eigenvalue weighted by atomic mass is 9.85. The summed E-state index contributed by atoms with van der Waals surface area (Å²) in [4.78, 5) is 12.7. The van der Waals surface area contributed by atoms with Crippen molar-refractivity contribution in [3.63, 3.8) is 0 Å². The molecule has 2 nitrogen and oxygen atoms in total. The molecule has 104 valence electrons. The van der Waals surface area contributed by atoms with E-state index in [0.717, 1.165) is 44.1 Å². The molecule has 0 saturated heterocycles. The lowest BCUT2D eigenvalue weighted by molar-refractivity contribution is -0.00695. The number of carbonyl (C=O) groups is 1. The minimum Gasteiger partial charge on any atom is -0.370 e. The molecule has 19 heavy (non-hydrogen) atoms. The van der Waals surface area contributed by atoms with Crippen molar-refractivity contribution in [2.45, 2.75) is 51.0 Å². The van der Waals surface area contributed by atoms with Crippen molar-refractivity contribution in [2.24, 2.45) is 0 Å². The SMILES string of the molecule is COC1(C(=O)c2cc(C)cc(F)c2)CCCCCC1. The van der Waals surface area contributed by atoms with Crippen LogP contribution in [-0.4, -0.2) is 18.5 Å². The smallest absolute Gasteiger partial charge is 0.194 e. The molecule has 1 aromatic carbocycles. The first-order valence-corrected chi connectivity index (χ1v) is 6.94. The third kappa shape index (κ3) is 3.03. The van der Waals surface area contributed by atoms with Gasteiger partial charge in [-0.1, -0.05) is 25.7 Å². The quantitative estimate of drug-likeness (QED) is 0.608. The van der Waals surface area contributed by atoms with Crippen molar-refractivity contribution < 1.29 is 13.9 Å². The lowest BCUT2D eigenvalue weighted by Crippen LogP contribution is -2.40. The molecule has 1 aliphatic rings. The fraction of sp³-hybridized carbons (Fsp3) is 0.562. The highest BCUT2D eigenvalue weighted by Crippen LogP contribution is 2.33. The van der Waals surface area contributed by atoms with E-state index in [1.807, 2.05) is 0 Å². The molecule has 0 amide bonds. The summed E-state index contributed by atoms with van der Waals surface area (Å²) >= 11 is 0. The molecule has 0 spiro atoms. The summed E-state index contributed by atoms with van der Waals surface area (Å²) in [5.74, 6) is -0.428. The highest BCUT2D eigenvalue weighted by molar-refractivity contribution is 6.02. The summed E-state index contributed by atoms with van der Waals surface area (Å²) in [5, 5.41) is 0. The molecule has 0 N–H and O–H groups in total. The molecule has 1 aliphatic carbocycles. The van der Waals surface area contributed by atoms with Gasteiger partial charge in [-0.2, -0.15) is 0 Å². The van der Waals surface area contributed by atoms with Crippen LogP contribution >= 0.6 is 0 Å². The van der Waals surface area contributed by atoms with Crippen LogP contribution in [0.3, 0.4) is 0 Å². The Bertz CT molecular complexity index is 440. The first kappa shape index (κ1) is 14.2. The maximum atomic E-state index is 13.5. The second-order valence-corrected chi connectivity index (χ2v) is 5.46. The summed E-state index contributed by atoms with van der Waals surface area (Å²) in [6.07, 6.45) is 5.73. The maximum absolute atomic E-state index is 13.5. The van der Waals surface area contributed by atoms with Crippen LogP contribution in [0, 0.1) is 12.7 Å². The van der Waals surface area contributed by atoms with Gasteiger partial charge < -0.3 is 4.74 Å². The van der Waals surface area contributed by atoms with Crippen molar-refractivity contribution >= 4 is 5.78 Å². The van der Waals surface area contributed by atoms with Crippen LogP contribution in [0.25, 0.3) is 0 Å². The zero-order valence-electron chi connectivity index (χ0n) is 11.7. The molecular formula is C16H21FO2. The molecule has 0 aliphatic heterocycles. The maximum Gasteiger partial charge on any atom is 0.194 e. The van der Waals surface area contributed by atoms with Crippen molar-refractivity contribution in [1.29, 1.82) is 0 Å². The largest absolute Gasteiger partial charge is 0.370 e. The Balaban J connectivity index is 2.33. The van der Waals surface area contributed by atoms with Crippen LogP contribution in [0.4, 0.5) is 4.39 Å². The van der Waals surface area contributed by atoms with E-state index >= 15 is 0 Å². The average Bonchev–Trinajstić information content (AvgIpc) is 2.63. The first-order valence-electron chi connectivity index (χ1n) is 6.94. The van der Waals surface area contributed by atoms with Crippen LogP contribution in [-0.2, 0) is 4.74 Å². The molecule has 3 heteroatoms. The average molecular weight is 264 g/mol. The van der Waals surface area contributed by atoms with Crippen molar-refractivity contribution in [3.8, 4) is 0 Å². The Labute approximate surface area is 114 Å². The van der Waals surface area contributed by atoms with Crippen LogP contribution < -0.4 is 0 Å². The number of ether oxygens (including phenoxy) is 1. The van der Waals surface area contributed by atoms with Crippen LogP contribution in [0.15, 0.2) is 18.2 Å². The normalized spacial score (nSPS) is 18.9. The predicted molar refractivity (Wildman–Crippen MR) is 72.9 cm³/mol. The number of ketones is 1. The molecule has 1 aromatic rings. The third-order valence-corrected chi connectivity index (χ3v) is 4.02. The Morgan fingerprint density at radius 1 is 1.16 bits per heavy atom. The Hall–Kier alpha value is -1.22. The molecule has 0 aromatic heterocycles. The molecule has 0 radical (unpaired) electrons. The number of hydrogen-bond acceptors (Lipinski definition) is 2. The minimum atomic E-state index is -0.753. The van der Waals surface area contributed by atoms with Crippen LogP contribution in [0.5, 0.6) is 0 Å². The predicted octanol–water partition coefficient (Wildman–Crippen LogP) is 4.06. The molecule has 0 bridgehead atoms. The van der Waals surface area contributed by atoms with E-state index in [9.17, 15) is 9.18 Å². The van der Waals surface area contributed by atoms with Gasteiger partial charge in [0.25, 0.3) is 0 Å². The van der Waals surface area contributed by atoms with Crippen molar-refractivity contribution in [1.82, 2.24) is 0 Å².